The van der Waals surface area contributed by atoms with Gasteiger partial charge in [-0.3, -0.25) is 4.40 Å². The molecule has 4 aromatic rings. The third-order valence-electron chi connectivity index (χ3n) is 4.82. The Bertz CT molecular complexity index is 1130. The van der Waals surface area contributed by atoms with E-state index in [1.807, 2.05) is 36.4 Å². The lowest BCUT2D eigenvalue weighted by atomic mass is 10.0. The van der Waals surface area contributed by atoms with Crippen LogP contribution < -0.4 is 0 Å². The average Bonchev–Trinajstić information content (AvgIpc) is 3.22. The van der Waals surface area contributed by atoms with Gasteiger partial charge in [-0.2, -0.15) is 0 Å². The van der Waals surface area contributed by atoms with Gasteiger partial charge in [-0.15, -0.1) is 10.2 Å². The molecule has 29 heavy (non-hydrogen) atoms. The Hall–Kier alpha value is -2.95. The number of hydrogen-bond donors (Lipinski definition) is 5. The number of para-hydroxylation sites is 2. The Balaban J connectivity index is 1.92. The first kappa shape index (κ1) is 19.4. The van der Waals surface area contributed by atoms with Crippen molar-refractivity contribution in [2.45, 2.75) is 24.4 Å². The highest BCUT2D eigenvalue weighted by atomic mass is 16.4. The van der Waals surface area contributed by atoms with Gasteiger partial charge >= 0.3 is 0 Å². The van der Waals surface area contributed by atoms with Crippen LogP contribution in [0.15, 0.2) is 54.6 Å². The predicted octanol–water partition coefficient (Wildman–Crippen LogP) is 0.0529. The molecule has 0 saturated carbocycles. The maximum atomic E-state index is 10.7. The summed E-state index contributed by atoms with van der Waals surface area (Å²) in [5.41, 5.74) is 2.94. The number of aromatic nitrogens is 4. The normalized spacial score (nSPS) is 16.0. The number of aliphatic hydroxyl groups excluding tert-OH is 5. The van der Waals surface area contributed by atoms with Crippen LogP contribution in [0.4, 0.5) is 0 Å². The van der Waals surface area contributed by atoms with E-state index in [1.165, 1.54) is 0 Å². The van der Waals surface area contributed by atoms with Gasteiger partial charge in [0, 0.05) is 5.56 Å². The van der Waals surface area contributed by atoms with Crippen molar-refractivity contribution >= 4 is 16.7 Å². The van der Waals surface area contributed by atoms with Crippen LogP contribution in [0.1, 0.15) is 11.9 Å². The molecular formula is C20H20N4O5. The lowest BCUT2D eigenvalue weighted by Gasteiger charge is -2.24. The highest BCUT2D eigenvalue weighted by Gasteiger charge is 2.34. The molecule has 0 aliphatic heterocycles. The largest absolute Gasteiger partial charge is 0.394 e. The molecule has 4 atom stereocenters. The zero-order valence-electron chi connectivity index (χ0n) is 15.2. The molecule has 0 fully saturated rings. The molecule has 9 heteroatoms. The maximum absolute atomic E-state index is 10.7. The summed E-state index contributed by atoms with van der Waals surface area (Å²) in [4.78, 5) is 4.68. The number of hydrogen-bond acceptors (Lipinski definition) is 8. The van der Waals surface area contributed by atoms with Gasteiger partial charge in [0.25, 0.3) is 0 Å². The minimum atomic E-state index is -1.79. The fourth-order valence-corrected chi connectivity index (χ4v) is 3.26. The quantitative estimate of drug-likeness (QED) is 0.308. The molecule has 0 amide bonds. The Morgan fingerprint density at radius 1 is 0.828 bits per heavy atom. The van der Waals surface area contributed by atoms with Crippen molar-refractivity contribution in [2.75, 3.05) is 6.61 Å². The van der Waals surface area contributed by atoms with Crippen LogP contribution in [-0.2, 0) is 0 Å². The number of benzene rings is 2. The first-order chi connectivity index (χ1) is 14.0. The van der Waals surface area contributed by atoms with Gasteiger partial charge in [-0.1, -0.05) is 42.5 Å². The van der Waals surface area contributed by atoms with Crippen LogP contribution in [0.25, 0.3) is 27.9 Å². The van der Waals surface area contributed by atoms with E-state index in [4.69, 9.17) is 5.11 Å². The average molecular weight is 396 g/mol. The van der Waals surface area contributed by atoms with Crippen LogP contribution in [0.3, 0.4) is 0 Å². The molecule has 9 nitrogen and oxygen atoms in total. The number of fused-ring (bicyclic) bond motifs is 3. The van der Waals surface area contributed by atoms with E-state index >= 15 is 0 Å². The predicted molar refractivity (Wildman–Crippen MR) is 104 cm³/mol. The molecule has 2 aromatic heterocycles. The molecule has 0 spiro atoms. The lowest BCUT2D eigenvalue weighted by Crippen LogP contribution is -2.43. The highest BCUT2D eigenvalue weighted by Crippen LogP contribution is 2.29. The van der Waals surface area contributed by atoms with E-state index in [0.29, 0.717) is 22.4 Å². The Kier molecular flexibility index (Phi) is 5.22. The summed E-state index contributed by atoms with van der Waals surface area (Å²) < 4.78 is 1.57. The minimum Gasteiger partial charge on any atom is -0.394 e. The minimum absolute atomic E-state index is 0.0209. The molecule has 0 aliphatic carbocycles. The molecular weight excluding hydrogens is 376 g/mol. The Morgan fingerprint density at radius 2 is 1.52 bits per heavy atom. The third kappa shape index (κ3) is 3.35. The van der Waals surface area contributed by atoms with Gasteiger partial charge in [0.15, 0.2) is 11.5 Å². The molecule has 0 bridgehead atoms. The maximum Gasteiger partial charge on any atom is 0.188 e. The van der Waals surface area contributed by atoms with Crippen molar-refractivity contribution in [3.63, 3.8) is 0 Å². The topological polar surface area (TPSA) is 144 Å². The van der Waals surface area contributed by atoms with Crippen molar-refractivity contribution in [1.82, 2.24) is 19.6 Å². The van der Waals surface area contributed by atoms with Crippen molar-refractivity contribution < 1.29 is 25.5 Å². The Morgan fingerprint density at radius 3 is 2.24 bits per heavy atom. The van der Waals surface area contributed by atoms with Crippen molar-refractivity contribution in [3.8, 4) is 11.3 Å². The van der Waals surface area contributed by atoms with Crippen molar-refractivity contribution in [3.05, 3.63) is 60.4 Å². The van der Waals surface area contributed by atoms with E-state index in [0.717, 1.165) is 5.56 Å². The van der Waals surface area contributed by atoms with Crippen LogP contribution in [0.5, 0.6) is 0 Å². The summed E-state index contributed by atoms with van der Waals surface area (Å²) >= 11 is 0. The molecule has 0 aliphatic rings. The van der Waals surface area contributed by atoms with E-state index in [9.17, 15) is 20.4 Å². The van der Waals surface area contributed by atoms with Gasteiger partial charge in [-0.25, -0.2) is 4.98 Å². The SMILES string of the molecule is OC[C@@H](O)[C@H](O)[C@H](O)C(O)c1nnc2c(-c3ccccc3)nc3ccccc3n12. The molecule has 4 rings (SSSR count). The Labute approximate surface area is 165 Å². The molecule has 5 N–H and O–H groups in total. The van der Waals surface area contributed by atoms with Gasteiger partial charge in [0.05, 0.1) is 17.6 Å². The summed E-state index contributed by atoms with van der Waals surface area (Å²) in [6.07, 6.45) is -6.85. The summed E-state index contributed by atoms with van der Waals surface area (Å²) in [6, 6.07) is 16.6. The first-order valence-corrected chi connectivity index (χ1v) is 9.05. The molecule has 1 unspecified atom stereocenters. The highest BCUT2D eigenvalue weighted by molar-refractivity contribution is 5.85. The van der Waals surface area contributed by atoms with E-state index in [2.05, 4.69) is 15.2 Å². The first-order valence-electron chi connectivity index (χ1n) is 9.05. The van der Waals surface area contributed by atoms with Gasteiger partial charge in [-0.05, 0) is 12.1 Å². The molecule has 0 saturated heterocycles. The second-order valence-electron chi connectivity index (χ2n) is 6.71. The molecule has 150 valence electrons. The van der Waals surface area contributed by atoms with Crippen LogP contribution >= 0.6 is 0 Å². The second-order valence-corrected chi connectivity index (χ2v) is 6.71. The molecule has 2 aromatic carbocycles. The zero-order chi connectivity index (χ0) is 20.5. The van der Waals surface area contributed by atoms with Crippen molar-refractivity contribution in [1.29, 1.82) is 0 Å². The van der Waals surface area contributed by atoms with E-state index in [1.54, 1.807) is 22.6 Å². The standard InChI is InChI=1S/C20H20N4O5/c25-10-14(26)16(27)17(28)18(29)20-23-22-19-15(11-6-2-1-3-7-11)21-12-8-4-5-9-13(12)24(19)20/h1-9,14,16-18,25-29H,10H2/t14-,16+,17+,18?/m1/s1. The second kappa shape index (κ2) is 7.82. The number of nitrogens with zero attached hydrogens (tertiary/aromatic N) is 4. The number of aliphatic hydroxyl groups is 5. The van der Waals surface area contributed by atoms with Gasteiger partial charge < -0.3 is 25.5 Å². The van der Waals surface area contributed by atoms with Crippen LogP contribution in [0.2, 0.25) is 0 Å². The van der Waals surface area contributed by atoms with Crippen LogP contribution in [-0.4, -0.2) is 70.0 Å². The lowest BCUT2D eigenvalue weighted by molar-refractivity contribution is -0.118. The molecule has 0 radical (unpaired) electrons. The van der Waals surface area contributed by atoms with E-state index < -0.39 is 31.0 Å². The zero-order valence-corrected chi connectivity index (χ0v) is 15.2. The van der Waals surface area contributed by atoms with E-state index in [-0.39, 0.29) is 5.82 Å². The van der Waals surface area contributed by atoms with Crippen molar-refractivity contribution in [2.24, 2.45) is 0 Å². The third-order valence-corrected chi connectivity index (χ3v) is 4.82. The smallest absolute Gasteiger partial charge is 0.188 e. The fraction of sp³-hybridized carbons (Fsp3) is 0.250. The fourth-order valence-electron chi connectivity index (χ4n) is 3.26. The van der Waals surface area contributed by atoms with Crippen LogP contribution in [0, 0.1) is 0 Å². The molecule has 2 heterocycles. The number of rotatable bonds is 6. The van der Waals surface area contributed by atoms with Gasteiger partial charge in [0.1, 0.15) is 30.1 Å². The monoisotopic (exact) mass is 396 g/mol. The summed E-state index contributed by atoms with van der Waals surface area (Å²) in [5, 5.41) is 57.7. The summed E-state index contributed by atoms with van der Waals surface area (Å²) in [6.45, 7) is -0.767. The summed E-state index contributed by atoms with van der Waals surface area (Å²) in [5.74, 6) is -0.0209. The van der Waals surface area contributed by atoms with Gasteiger partial charge in [0.2, 0.25) is 0 Å². The summed E-state index contributed by atoms with van der Waals surface area (Å²) in [7, 11) is 0.